The van der Waals surface area contributed by atoms with Crippen molar-refractivity contribution >= 4 is 32.5 Å². The third kappa shape index (κ3) is 3.53. The summed E-state index contributed by atoms with van der Waals surface area (Å²) >= 11 is 1.47. The maximum Gasteiger partial charge on any atom is 0.346 e. The van der Waals surface area contributed by atoms with E-state index in [1.807, 2.05) is 37.4 Å². The summed E-state index contributed by atoms with van der Waals surface area (Å²) < 4.78 is 6.71. The topological polar surface area (TPSA) is 66.6 Å². The predicted molar refractivity (Wildman–Crippen MR) is 114 cm³/mol. The van der Waals surface area contributed by atoms with E-state index in [0.717, 1.165) is 35.0 Å². The van der Waals surface area contributed by atoms with E-state index in [1.54, 1.807) is 12.1 Å². The molecule has 0 amide bonds. The van der Waals surface area contributed by atoms with Crippen molar-refractivity contribution < 1.29 is 9.52 Å². The lowest BCUT2D eigenvalue weighted by Gasteiger charge is -2.17. The van der Waals surface area contributed by atoms with Crippen LogP contribution in [0.3, 0.4) is 0 Å². The molecule has 0 fully saturated rings. The Morgan fingerprint density at radius 2 is 2.04 bits per heavy atom. The number of fused-ring (bicyclic) bond motifs is 2. The third-order valence-corrected chi connectivity index (χ3v) is 5.90. The minimum atomic E-state index is -0.436. The highest BCUT2D eigenvalue weighted by Crippen LogP contribution is 2.32. The van der Waals surface area contributed by atoms with Gasteiger partial charge in [0.2, 0.25) is 0 Å². The number of hydrogen-bond acceptors (Lipinski definition) is 6. The number of phenols is 1. The summed E-state index contributed by atoms with van der Waals surface area (Å²) in [6.45, 7) is 3.58. The molecule has 1 N–H and O–H groups in total. The first-order valence-electron chi connectivity index (χ1n) is 9.40. The van der Waals surface area contributed by atoms with Gasteiger partial charge in [0.25, 0.3) is 0 Å². The molecule has 0 aliphatic carbocycles. The molecule has 28 heavy (non-hydrogen) atoms. The highest BCUT2D eigenvalue weighted by molar-refractivity contribution is 7.21. The smallest absolute Gasteiger partial charge is 0.346 e. The van der Waals surface area contributed by atoms with Crippen LogP contribution >= 0.6 is 11.3 Å². The Labute approximate surface area is 166 Å². The maximum atomic E-state index is 12.7. The molecule has 0 radical (unpaired) electrons. The van der Waals surface area contributed by atoms with Gasteiger partial charge in [0.05, 0.1) is 21.3 Å². The van der Waals surface area contributed by atoms with Crippen molar-refractivity contribution in [3.05, 3.63) is 58.4 Å². The summed E-state index contributed by atoms with van der Waals surface area (Å²) in [6, 6.07) is 13.1. The lowest BCUT2D eigenvalue weighted by molar-refractivity contribution is 0.314. The second kappa shape index (κ2) is 7.73. The molecular formula is C22H22N2O3S. The van der Waals surface area contributed by atoms with Crippen LogP contribution in [0.15, 0.2) is 51.7 Å². The van der Waals surface area contributed by atoms with E-state index in [9.17, 15) is 9.90 Å². The second-order valence-corrected chi connectivity index (χ2v) is 8.04. The first-order valence-corrected chi connectivity index (χ1v) is 10.2. The van der Waals surface area contributed by atoms with Gasteiger partial charge in [-0.05, 0) is 50.3 Å². The normalized spacial score (nSPS) is 11.7. The van der Waals surface area contributed by atoms with E-state index in [-0.39, 0.29) is 5.75 Å². The molecule has 6 heteroatoms. The Kier molecular flexibility index (Phi) is 5.15. The number of aromatic nitrogens is 1. The highest BCUT2D eigenvalue weighted by Gasteiger charge is 2.17. The number of para-hydroxylation sites is 1. The number of hydrogen-bond donors (Lipinski definition) is 1. The number of unbranched alkanes of at least 4 members (excludes halogenated alkanes) is 1. The fourth-order valence-electron chi connectivity index (χ4n) is 3.30. The van der Waals surface area contributed by atoms with E-state index < -0.39 is 5.63 Å². The number of phenolic OH excluding ortho intramolecular Hbond substituents is 1. The fraction of sp³-hybridized carbons (Fsp3) is 0.273. The van der Waals surface area contributed by atoms with Crippen LogP contribution in [-0.2, 0) is 6.54 Å². The minimum Gasteiger partial charge on any atom is -0.507 e. The van der Waals surface area contributed by atoms with Gasteiger partial charge in [0.15, 0.2) is 0 Å². The van der Waals surface area contributed by atoms with Crippen LogP contribution in [0.2, 0.25) is 0 Å². The fourth-order valence-corrected chi connectivity index (χ4v) is 4.27. The maximum absolute atomic E-state index is 12.7. The van der Waals surface area contributed by atoms with Crippen LogP contribution < -0.4 is 5.63 Å². The third-order valence-electron chi connectivity index (χ3n) is 4.83. The quantitative estimate of drug-likeness (QED) is 0.466. The lowest BCUT2D eigenvalue weighted by atomic mass is 10.1. The molecule has 4 aromatic rings. The number of nitrogens with zero attached hydrogens (tertiary/aromatic N) is 2. The first-order chi connectivity index (χ1) is 13.6. The Morgan fingerprint density at radius 3 is 2.82 bits per heavy atom. The molecule has 0 bridgehead atoms. The molecule has 0 aliphatic heterocycles. The van der Waals surface area contributed by atoms with Gasteiger partial charge in [-0.3, -0.25) is 0 Å². The molecule has 0 aliphatic rings. The van der Waals surface area contributed by atoms with Gasteiger partial charge in [-0.1, -0.05) is 25.5 Å². The molecule has 144 valence electrons. The summed E-state index contributed by atoms with van der Waals surface area (Å²) in [6.07, 6.45) is 2.18. The zero-order valence-electron chi connectivity index (χ0n) is 15.9. The predicted octanol–water partition coefficient (Wildman–Crippen LogP) is 5.01. The van der Waals surface area contributed by atoms with Crippen molar-refractivity contribution in [3.8, 4) is 16.3 Å². The molecule has 2 aromatic heterocycles. The van der Waals surface area contributed by atoms with Gasteiger partial charge in [-0.15, -0.1) is 11.3 Å². The van der Waals surface area contributed by atoms with Crippen LogP contribution in [-0.4, -0.2) is 28.6 Å². The van der Waals surface area contributed by atoms with Crippen molar-refractivity contribution in [2.24, 2.45) is 0 Å². The van der Waals surface area contributed by atoms with Gasteiger partial charge in [0, 0.05) is 11.9 Å². The molecule has 4 rings (SSSR count). The Hall–Kier alpha value is -2.70. The monoisotopic (exact) mass is 394 g/mol. The molecule has 2 aromatic carbocycles. The molecule has 0 spiro atoms. The molecule has 2 heterocycles. The average Bonchev–Trinajstić information content (AvgIpc) is 3.12. The number of aromatic hydroxyl groups is 1. The molecule has 0 unspecified atom stereocenters. The van der Waals surface area contributed by atoms with Gasteiger partial charge in [0.1, 0.15) is 16.3 Å². The molecular weight excluding hydrogens is 372 g/mol. The Bertz CT molecular complexity index is 1160. The van der Waals surface area contributed by atoms with Gasteiger partial charge in [-0.25, -0.2) is 9.78 Å². The van der Waals surface area contributed by atoms with E-state index in [2.05, 4.69) is 16.8 Å². The average molecular weight is 394 g/mol. The van der Waals surface area contributed by atoms with Crippen LogP contribution in [0.25, 0.3) is 31.8 Å². The van der Waals surface area contributed by atoms with Crippen LogP contribution in [0.4, 0.5) is 0 Å². The van der Waals surface area contributed by atoms with Crippen molar-refractivity contribution in [2.75, 3.05) is 13.6 Å². The SMILES string of the molecule is CCCCN(C)Cc1c(O)ccc2cc(-c3nc4ccccc4s3)c(=O)oc12. The number of benzene rings is 2. The largest absolute Gasteiger partial charge is 0.507 e. The molecule has 0 saturated heterocycles. The van der Waals surface area contributed by atoms with E-state index >= 15 is 0 Å². The number of rotatable bonds is 6. The van der Waals surface area contributed by atoms with E-state index in [0.29, 0.717) is 28.3 Å². The first kappa shape index (κ1) is 18.7. The molecule has 5 nitrogen and oxygen atoms in total. The summed E-state index contributed by atoms with van der Waals surface area (Å²) in [5.41, 5.74) is 1.97. The number of thiazole rings is 1. The summed E-state index contributed by atoms with van der Waals surface area (Å²) in [5.74, 6) is 0.145. The highest BCUT2D eigenvalue weighted by atomic mass is 32.1. The van der Waals surface area contributed by atoms with Gasteiger partial charge < -0.3 is 14.4 Å². The standard InChI is InChI=1S/C22H22N2O3S/c1-3-4-11-24(2)13-16-18(25)10-9-14-12-15(22(26)27-20(14)16)21-23-17-7-5-6-8-19(17)28-21/h5-10,12,25H,3-4,11,13H2,1-2H3. The zero-order valence-corrected chi connectivity index (χ0v) is 16.8. The summed E-state index contributed by atoms with van der Waals surface area (Å²) in [5, 5.41) is 11.8. The molecule has 0 atom stereocenters. The van der Waals surface area contributed by atoms with Gasteiger partial charge >= 0.3 is 5.63 Å². The Morgan fingerprint density at radius 1 is 1.21 bits per heavy atom. The van der Waals surface area contributed by atoms with E-state index in [1.165, 1.54) is 11.3 Å². The van der Waals surface area contributed by atoms with Crippen molar-refractivity contribution in [1.29, 1.82) is 0 Å². The Balaban J connectivity index is 1.79. The van der Waals surface area contributed by atoms with Crippen molar-refractivity contribution in [1.82, 2.24) is 9.88 Å². The van der Waals surface area contributed by atoms with E-state index in [4.69, 9.17) is 4.42 Å². The lowest BCUT2D eigenvalue weighted by Crippen LogP contribution is -2.19. The van der Waals surface area contributed by atoms with Gasteiger partial charge in [-0.2, -0.15) is 0 Å². The minimum absolute atomic E-state index is 0.145. The van der Waals surface area contributed by atoms with Crippen LogP contribution in [0.1, 0.15) is 25.3 Å². The van der Waals surface area contributed by atoms with Crippen LogP contribution in [0, 0.1) is 0 Å². The summed E-state index contributed by atoms with van der Waals surface area (Å²) in [4.78, 5) is 19.4. The summed E-state index contributed by atoms with van der Waals surface area (Å²) in [7, 11) is 2.00. The molecule has 0 saturated carbocycles. The zero-order chi connectivity index (χ0) is 19.7. The van der Waals surface area contributed by atoms with Crippen molar-refractivity contribution in [2.45, 2.75) is 26.3 Å². The van der Waals surface area contributed by atoms with Crippen molar-refractivity contribution in [3.63, 3.8) is 0 Å². The van der Waals surface area contributed by atoms with Crippen LogP contribution in [0.5, 0.6) is 5.75 Å². The second-order valence-electron chi connectivity index (χ2n) is 7.01.